The molecule has 0 amide bonds. The van der Waals surface area contributed by atoms with E-state index < -0.39 is 6.04 Å². The molecule has 0 spiro atoms. The Balaban J connectivity index is 1.52. The highest BCUT2D eigenvalue weighted by molar-refractivity contribution is 9.10. The average Bonchev–Trinajstić information content (AvgIpc) is 2.87. The second-order valence-electron chi connectivity index (χ2n) is 10.8. The maximum Gasteiger partial charge on any atom is 0.162 e. The van der Waals surface area contributed by atoms with E-state index in [9.17, 15) is 9.18 Å². The SMILES string of the molecule is CC1(C)CC(=O)C2=C(C1)c1c(ccc3ccccc13)N[C@@H]2c1cc(Br)cc(Cl)c1OCc1ccc(F)cc1. The summed E-state index contributed by atoms with van der Waals surface area (Å²) in [5.41, 5.74) is 5.40. The van der Waals surface area contributed by atoms with Gasteiger partial charge in [0.2, 0.25) is 0 Å². The zero-order valence-electron chi connectivity index (χ0n) is 21.1. The van der Waals surface area contributed by atoms with E-state index in [1.807, 2.05) is 18.2 Å². The molecule has 2 aliphatic rings. The summed E-state index contributed by atoms with van der Waals surface area (Å²) >= 11 is 10.3. The number of ether oxygens (including phenoxy) is 1. The molecular formula is C32H26BrClFNO2. The zero-order valence-corrected chi connectivity index (χ0v) is 23.4. The number of allylic oxidation sites excluding steroid dienone is 1. The number of carbonyl (C=O) groups excluding carboxylic acids is 1. The normalized spacial score (nSPS) is 18.1. The number of rotatable bonds is 4. The third-order valence-corrected chi connectivity index (χ3v) is 8.12. The topological polar surface area (TPSA) is 38.3 Å². The lowest BCUT2D eigenvalue weighted by molar-refractivity contribution is -0.118. The predicted octanol–water partition coefficient (Wildman–Crippen LogP) is 9.28. The summed E-state index contributed by atoms with van der Waals surface area (Å²) in [4.78, 5) is 13.8. The molecule has 1 N–H and O–H groups in total. The van der Waals surface area contributed by atoms with Crippen LogP contribution < -0.4 is 10.1 Å². The van der Waals surface area contributed by atoms with Crippen LogP contribution in [0.1, 0.15) is 49.4 Å². The highest BCUT2D eigenvalue weighted by atomic mass is 79.9. The summed E-state index contributed by atoms with van der Waals surface area (Å²) < 4.78 is 20.5. The van der Waals surface area contributed by atoms with E-state index in [-0.39, 0.29) is 23.6 Å². The van der Waals surface area contributed by atoms with Crippen LogP contribution in [-0.4, -0.2) is 5.78 Å². The van der Waals surface area contributed by atoms with E-state index >= 15 is 0 Å². The largest absolute Gasteiger partial charge is 0.487 e. The zero-order chi connectivity index (χ0) is 26.6. The standard InChI is InChI=1S/C32H26BrClFNO2/c1-32(2)15-24-28-22-6-4-3-5-19(22)9-12-26(28)36-30(29(24)27(37)16-32)23-13-20(33)14-25(34)31(23)38-17-18-7-10-21(35)11-8-18/h3-14,30,36H,15-17H2,1-2H3/t30-/m1/s1. The molecule has 1 heterocycles. The van der Waals surface area contributed by atoms with Crippen LogP contribution in [0, 0.1) is 11.2 Å². The fourth-order valence-electron chi connectivity index (χ4n) is 5.75. The molecule has 192 valence electrons. The number of nitrogens with one attached hydrogen (secondary N) is 1. The summed E-state index contributed by atoms with van der Waals surface area (Å²) in [7, 11) is 0. The maximum atomic E-state index is 13.8. The molecule has 3 nitrogen and oxygen atoms in total. The van der Waals surface area contributed by atoms with Gasteiger partial charge < -0.3 is 10.1 Å². The Morgan fingerprint density at radius 3 is 2.61 bits per heavy atom. The summed E-state index contributed by atoms with van der Waals surface area (Å²) in [5.74, 6) is 0.338. The van der Waals surface area contributed by atoms with E-state index in [1.165, 1.54) is 12.1 Å². The van der Waals surface area contributed by atoms with Crippen LogP contribution in [0.3, 0.4) is 0 Å². The smallest absolute Gasteiger partial charge is 0.162 e. The lowest BCUT2D eigenvalue weighted by atomic mass is 9.68. The summed E-state index contributed by atoms with van der Waals surface area (Å²) in [6.07, 6.45) is 1.26. The maximum absolute atomic E-state index is 13.8. The van der Waals surface area contributed by atoms with Crippen molar-refractivity contribution in [3.63, 3.8) is 0 Å². The molecule has 0 aromatic heterocycles. The second-order valence-corrected chi connectivity index (χ2v) is 12.2. The number of anilines is 1. The molecule has 0 radical (unpaired) electrons. The van der Waals surface area contributed by atoms with Crippen molar-refractivity contribution in [2.24, 2.45) is 5.41 Å². The molecular weight excluding hydrogens is 565 g/mol. The van der Waals surface area contributed by atoms with Crippen LogP contribution in [0.2, 0.25) is 5.02 Å². The molecule has 0 saturated heterocycles. The van der Waals surface area contributed by atoms with E-state index in [0.717, 1.165) is 55.2 Å². The third kappa shape index (κ3) is 4.52. The summed E-state index contributed by atoms with van der Waals surface area (Å²) in [6.45, 7) is 4.53. The molecule has 0 unspecified atom stereocenters. The first-order valence-electron chi connectivity index (χ1n) is 12.6. The Morgan fingerprint density at radius 1 is 1.05 bits per heavy atom. The lowest BCUT2D eigenvalue weighted by Crippen LogP contribution is -2.33. The van der Waals surface area contributed by atoms with Gasteiger partial charge in [0.05, 0.1) is 11.1 Å². The number of benzene rings is 4. The molecule has 1 atom stereocenters. The van der Waals surface area contributed by atoms with Crippen LogP contribution in [0.15, 0.2) is 82.8 Å². The van der Waals surface area contributed by atoms with Crippen molar-refractivity contribution >= 4 is 55.3 Å². The molecule has 4 aromatic rings. The van der Waals surface area contributed by atoms with Crippen LogP contribution in [0.4, 0.5) is 10.1 Å². The van der Waals surface area contributed by atoms with Gasteiger partial charge in [0.15, 0.2) is 5.78 Å². The van der Waals surface area contributed by atoms with E-state index in [0.29, 0.717) is 17.2 Å². The highest BCUT2D eigenvalue weighted by Gasteiger charge is 2.41. The second kappa shape index (κ2) is 9.55. The van der Waals surface area contributed by atoms with Crippen molar-refractivity contribution in [1.29, 1.82) is 0 Å². The average molecular weight is 591 g/mol. The number of Topliss-reactive ketones (excluding diaryl/α,β-unsaturated/α-hetero) is 1. The predicted molar refractivity (Wildman–Crippen MR) is 155 cm³/mol. The Kier molecular flexibility index (Phi) is 6.32. The first-order chi connectivity index (χ1) is 18.2. The number of carbonyl (C=O) groups is 1. The minimum Gasteiger partial charge on any atom is -0.487 e. The van der Waals surface area contributed by atoms with Gasteiger partial charge >= 0.3 is 0 Å². The number of halogens is 3. The third-order valence-electron chi connectivity index (χ3n) is 7.38. The monoisotopic (exact) mass is 589 g/mol. The van der Waals surface area contributed by atoms with Crippen molar-refractivity contribution < 1.29 is 13.9 Å². The van der Waals surface area contributed by atoms with Gasteiger partial charge in [-0.25, -0.2) is 4.39 Å². The fraction of sp³-hybridized carbons (Fsp3) is 0.219. The molecule has 6 heteroatoms. The van der Waals surface area contributed by atoms with Gasteiger partial charge in [-0.2, -0.15) is 0 Å². The minimum atomic E-state index is -0.430. The van der Waals surface area contributed by atoms with Gasteiger partial charge in [0, 0.05) is 33.3 Å². The molecule has 0 saturated carbocycles. The van der Waals surface area contributed by atoms with Gasteiger partial charge in [0.1, 0.15) is 18.2 Å². The van der Waals surface area contributed by atoms with Crippen molar-refractivity contribution in [2.75, 3.05) is 5.32 Å². The van der Waals surface area contributed by atoms with Crippen LogP contribution in [0.25, 0.3) is 16.3 Å². The molecule has 38 heavy (non-hydrogen) atoms. The van der Waals surface area contributed by atoms with Crippen LogP contribution >= 0.6 is 27.5 Å². The highest BCUT2D eigenvalue weighted by Crippen LogP contribution is 2.53. The van der Waals surface area contributed by atoms with Crippen molar-refractivity contribution in [3.8, 4) is 5.75 Å². The van der Waals surface area contributed by atoms with Gasteiger partial charge in [-0.3, -0.25) is 4.79 Å². The molecule has 1 aliphatic heterocycles. The minimum absolute atomic E-state index is 0.132. The van der Waals surface area contributed by atoms with Crippen molar-refractivity contribution in [1.82, 2.24) is 0 Å². The summed E-state index contributed by atoms with van der Waals surface area (Å²) in [5, 5.41) is 6.39. The molecule has 1 aliphatic carbocycles. The quantitative estimate of drug-likeness (QED) is 0.257. The van der Waals surface area contributed by atoms with Crippen molar-refractivity contribution in [2.45, 2.75) is 39.3 Å². The lowest BCUT2D eigenvalue weighted by Gasteiger charge is -2.40. The van der Waals surface area contributed by atoms with Crippen LogP contribution in [0.5, 0.6) is 5.75 Å². The molecule has 0 fully saturated rings. The van der Waals surface area contributed by atoms with E-state index in [1.54, 1.807) is 18.2 Å². The van der Waals surface area contributed by atoms with E-state index in [2.05, 4.69) is 59.4 Å². The fourth-order valence-corrected chi connectivity index (χ4v) is 6.64. The first-order valence-corrected chi connectivity index (χ1v) is 13.8. The molecule has 6 rings (SSSR count). The van der Waals surface area contributed by atoms with Crippen LogP contribution in [-0.2, 0) is 11.4 Å². The Morgan fingerprint density at radius 2 is 1.82 bits per heavy atom. The molecule has 0 bridgehead atoms. The van der Waals surface area contributed by atoms with Gasteiger partial charge in [-0.05, 0) is 64.1 Å². The summed E-state index contributed by atoms with van der Waals surface area (Å²) in [6, 6.07) is 22.0. The number of hydrogen-bond donors (Lipinski definition) is 1. The number of ketones is 1. The Hall–Kier alpha value is -3.15. The van der Waals surface area contributed by atoms with Crippen molar-refractivity contribution in [3.05, 3.63) is 110 Å². The van der Waals surface area contributed by atoms with Gasteiger partial charge in [-0.1, -0.05) is 83.8 Å². The van der Waals surface area contributed by atoms with Gasteiger partial charge in [0.25, 0.3) is 0 Å². The molecule has 4 aromatic carbocycles. The number of fused-ring (bicyclic) bond motifs is 4. The Bertz CT molecular complexity index is 1630. The number of hydrogen-bond acceptors (Lipinski definition) is 3. The Labute approximate surface area is 234 Å². The van der Waals surface area contributed by atoms with E-state index in [4.69, 9.17) is 16.3 Å². The van der Waals surface area contributed by atoms with Gasteiger partial charge in [-0.15, -0.1) is 0 Å². The first kappa shape index (κ1) is 25.1.